The van der Waals surface area contributed by atoms with Crippen molar-refractivity contribution in [2.24, 2.45) is 4.99 Å². The first-order valence-electron chi connectivity index (χ1n) is 14.5. The van der Waals surface area contributed by atoms with Gasteiger partial charge in [0.15, 0.2) is 11.0 Å². The number of nitrogens with zero attached hydrogens (tertiary/aromatic N) is 5. The molecular weight excluding hydrogens is 589 g/mol. The van der Waals surface area contributed by atoms with Crippen LogP contribution in [0.15, 0.2) is 78.0 Å². The van der Waals surface area contributed by atoms with Crippen LogP contribution < -0.4 is 15.0 Å². The van der Waals surface area contributed by atoms with Gasteiger partial charge in [0.2, 0.25) is 6.35 Å². The highest BCUT2D eigenvalue weighted by molar-refractivity contribution is 8.14. The third-order valence-electron chi connectivity index (χ3n) is 7.23. The molecule has 2 unspecified atom stereocenters. The molecule has 232 valence electrons. The zero-order valence-corrected chi connectivity index (χ0v) is 25.6. The topological polar surface area (TPSA) is 87.8 Å². The Hall–Kier alpha value is -3.87. The van der Waals surface area contributed by atoms with E-state index in [1.54, 1.807) is 11.8 Å². The van der Waals surface area contributed by atoms with Gasteiger partial charge in [0.05, 0.1) is 5.69 Å². The molecule has 4 aromatic rings. The van der Waals surface area contributed by atoms with Gasteiger partial charge in [-0.05, 0) is 66.3 Å². The molecule has 1 saturated heterocycles. The molecular formula is C32H35F3N6O2S. The lowest BCUT2D eigenvalue weighted by Crippen LogP contribution is -2.33. The third kappa shape index (κ3) is 7.99. The average molecular weight is 625 g/mol. The molecule has 0 amide bonds. The van der Waals surface area contributed by atoms with Crippen LogP contribution in [0.4, 0.5) is 18.9 Å². The van der Waals surface area contributed by atoms with Crippen molar-refractivity contribution in [3.8, 4) is 22.8 Å². The highest BCUT2D eigenvalue weighted by atomic mass is 32.2. The lowest BCUT2D eigenvalue weighted by Gasteiger charge is -2.23. The summed E-state index contributed by atoms with van der Waals surface area (Å²) >= 11 is 1.65. The number of nitrogens with one attached hydrogen (secondary N) is 1. The highest BCUT2D eigenvalue weighted by Crippen LogP contribution is 2.31. The number of hydrogen-bond acceptors (Lipinski definition) is 7. The Morgan fingerprint density at radius 3 is 2.55 bits per heavy atom. The van der Waals surface area contributed by atoms with Crippen molar-refractivity contribution in [1.29, 1.82) is 0 Å². The van der Waals surface area contributed by atoms with E-state index in [0.717, 1.165) is 41.4 Å². The summed E-state index contributed by atoms with van der Waals surface area (Å²) in [6.07, 6.45) is -2.20. The average Bonchev–Trinajstić information content (AvgIpc) is 3.67. The number of alkyl halides is 3. The number of ether oxygens (including phenoxy) is 1. The number of aryl methyl sites for hydroxylation is 2. The molecule has 1 aromatic heterocycles. The summed E-state index contributed by atoms with van der Waals surface area (Å²) in [6, 6.07) is 19.8. The molecule has 8 nitrogen and oxygen atoms in total. The van der Waals surface area contributed by atoms with Crippen LogP contribution in [0.5, 0.6) is 5.75 Å². The zero-order valence-electron chi connectivity index (χ0n) is 24.8. The number of amidine groups is 1. The minimum absolute atomic E-state index is 0.0992. The van der Waals surface area contributed by atoms with E-state index < -0.39 is 12.7 Å². The molecule has 0 spiro atoms. The lowest BCUT2D eigenvalue weighted by atomic mass is 10.00. The Morgan fingerprint density at radius 1 is 1.09 bits per heavy atom. The molecule has 2 N–H and O–H groups in total. The number of anilines is 1. The maximum Gasteiger partial charge on any atom is 0.573 e. The van der Waals surface area contributed by atoms with E-state index in [9.17, 15) is 18.3 Å². The van der Waals surface area contributed by atoms with E-state index in [1.165, 1.54) is 52.1 Å². The van der Waals surface area contributed by atoms with Crippen molar-refractivity contribution in [2.75, 3.05) is 23.7 Å². The van der Waals surface area contributed by atoms with Gasteiger partial charge in [-0.3, -0.25) is 5.32 Å². The van der Waals surface area contributed by atoms with Crippen LogP contribution in [0.1, 0.15) is 42.9 Å². The molecule has 5 rings (SSSR count). The molecule has 2 atom stereocenters. The van der Waals surface area contributed by atoms with E-state index in [1.807, 2.05) is 24.3 Å². The monoisotopic (exact) mass is 624 g/mol. The molecule has 0 bridgehead atoms. The van der Waals surface area contributed by atoms with Crippen molar-refractivity contribution >= 4 is 22.6 Å². The van der Waals surface area contributed by atoms with Gasteiger partial charge in [-0.2, -0.15) is 0 Å². The van der Waals surface area contributed by atoms with Crippen LogP contribution >= 0.6 is 11.8 Å². The standard InChI is InChI=1S/C32H35F3N6O2S/c1-4-5-24-7-6-21(2)18-28(24)40-16-17-44-31(40)38-30(42)36-19-22(3)23-8-10-25(11-9-23)29-37-20-41(39-29)26-12-14-27(15-13-26)43-32(33,34)35/h6-15,18,20,22,30,36,42H,4-5,16-17,19H2,1-3H3/b38-31-. The number of aromatic nitrogens is 3. The fraction of sp³-hybridized carbons (Fsp3) is 0.344. The molecule has 1 fully saturated rings. The Kier molecular flexibility index (Phi) is 9.92. The smallest absolute Gasteiger partial charge is 0.406 e. The normalized spacial score (nSPS) is 16.0. The van der Waals surface area contributed by atoms with Gasteiger partial charge in [-0.1, -0.05) is 68.4 Å². The van der Waals surface area contributed by atoms with Gasteiger partial charge in [0, 0.05) is 30.1 Å². The van der Waals surface area contributed by atoms with Gasteiger partial charge in [-0.25, -0.2) is 14.7 Å². The van der Waals surface area contributed by atoms with E-state index >= 15 is 0 Å². The predicted octanol–water partition coefficient (Wildman–Crippen LogP) is 6.67. The fourth-order valence-electron chi connectivity index (χ4n) is 4.97. The van der Waals surface area contributed by atoms with Crippen molar-refractivity contribution in [1.82, 2.24) is 20.1 Å². The van der Waals surface area contributed by atoms with Crippen molar-refractivity contribution < 1.29 is 23.0 Å². The Bertz CT molecular complexity index is 1570. The largest absolute Gasteiger partial charge is 0.573 e. The molecule has 12 heteroatoms. The van der Waals surface area contributed by atoms with Gasteiger partial charge < -0.3 is 14.7 Å². The summed E-state index contributed by atoms with van der Waals surface area (Å²) in [4.78, 5) is 11.2. The van der Waals surface area contributed by atoms with Crippen LogP contribution in [-0.4, -0.2) is 56.6 Å². The van der Waals surface area contributed by atoms with Crippen molar-refractivity contribution in [3.05, 3.63) is 89.7 Å². The molecule has 3 aromatic carbocycles. The SMILES string of the molecule is CCCc1ccc(C)cc1N1CCS/C1=N\C(O)NCC(C)c1ccc(-c2ncn(-c3ccc(OC(F)(F)F)cc3)n2)cc1. The van der Waals surface area contributed by atoms with Gasteiger partial charge in [-0.15, -0.1) is 18.3 Å². The van der Waals surface area contributed by atoms with Gasteiger partial charge in [0.25, 0.3) is 0 Å². The van der Waals surface area contributed by atoms with Crippen LogP contribution in [0.2, 0.25) is 0 Å². The number of hydrogen-bond donors (Lipinski definition) is 2. The van der Waals surface area contributed by atoms with Gasteiger partial charge in [0.1, 0.15) is 12.1 Å². The molecule has 1 aliphatic heterocycles. The minimum Gasteiger partial charge on any atom is -0.406 e. The first kappa shape index (κ1) is 31.6. The first-order chi connectivity index (χ1) is 21.1. The van der Waals surface area contributed by atoms with E-state index in [0.29, 0.717) is 18.1 Å². The fourth-order valence-corrected chi connectivity index (χ4v) is 5.95. The van der Waals surface area contributed by atoms with Crippen LogP contribution in [0.3, 0.4) is 0 Å². The maximum absolute atomic E-state index is 12.4. The Labute approximate surface area is 259 Å². The molecule has 1 aliphatic rings. The second kappa shape index (κ2) is 13.8. The number of benzene rings is 3. The number of thioether (sulfide) groups is 1. The molecule has 0 aliphatic carbocycles. The second-order valence-corrected chi connectivity index (χ2v) is 11.7. The Morgan fingerprint density at radius 2 is 1.84 bits per heavy atom. The van der Waals surface area contributed by atoms with Crippen LogP contribution in [0, 0.1) is 6.92 Å². The predicted molar refractivity (Wildman–Crippen MR) is 168 cm³/mol. The van der Waals surface area contributed by atoms with Crippen molar-refractivity contribution in [2.45, 2.75) is 52.2 Å². The Balaban J connectivity index is 1.18. The minimum atomic E-state index is -4.74. The summed E-state index contributed by atoms with van der Waals surface area (Å²) in [5.74, 6) is 1.20. The molecule has 0 saturated carbocycles. The van der Waals surface area contributed by atoms with E-state index in [-0.39, 0.29) is 11.7 Å². The second-order valence-electron chi connectivity index (χ2n) is 10.7. The van der Waals surface area contributed by atoms with Crippen LogP contribution in [-0.2, 0) is 6.42 Å². The zero-order chi connectivity index (χ0) is 31.3. The number of halogens is 3. The lowest BCUT2D eigenvalue weighted by molar-refractivity contribution is -0.274. The number of aliphatic hydroxyl groups excluding tert-OH is 1. The molecule has 2 heterocycles. The number of aliphatic hydroxyl groups is 1. The summed E-state index contributed by atoms with van der Waals surface area (Å²) in [5, 5.41) is 19.2. The highest BCUT2D eigenvalue weighted by Gasteiger charge is 2.31. The van der Waals surface area contributed by atoms with E-state index in [2.05, 4.69) is 69.0 Å². The van der Waals surface area contributed by atoms with Gasteiger partial charge >= 0.3 is 6.36 Å². The quantitative estimate of drug-likeness (QED) is 0.180. The van der Waals surface area contributed by atoms with Crippen molar-refractivity contribution in [3.63, 3.8) is 0 Å². The summed E-state index contributed by atoms with van der Waals surface area (Å²) < 4.78 is 42.7. The number of aliphatic imine (C=N–C) groups is 1. The summed E-state index contributed by atoms with van der Waals surface area (Å²) in [6.45, 7) is 7.72. The molecule has 0 radical (unpaired) electrons. The molecule has 44 heavy (non-hydrogen) atoms. The first-order valence-corrected chi connectivity index (χ1v) is 15.5. The van der Waals surface area contributed by atoms with E-state index in [4.69, 9.17) is 0 Å². The summed E-state index contributed by atoms with van der Waals surface area (Å²) in [5.41, 5.74) is 6.09. The third-order valence-corrected chi connectivity index (χ3v) is 8.20. The summed E-state index contributed by atoms with van der Waals surface area (Å²) in [7, 11) is 0. The maximum atomic E-state index is 12.4. The van der Waals surface area contributed by atoms with Crippen LogP contribution in [0.25, 0.3) is 17.1 Å². The number of rotatable bonds is 11.